The predicted molar refractivity (Wildman–Crippen MR) is 87.2 cm³/mol. The molecule has 6 heteroatoms. The Hall–Kier alpha value is -1.82. The number of benzene rings is 1. The molecule has 1 aromatic heterocycles. The average Bonchev–Trinajstić information content (AvgIpc) is 2.49. The molecule has 1 aromatic carbocycles. The van der Waals surface area contributed by atoms with Gasteiger partial charge in [-0.05, 0) is 41.9 Å². The summed E-state index contributed by atoms with van der Waals surface area (Å²) in [6.07, 6.45) is 1.55. The van der Waals surface area contributed by atoms with Crippen molar-refractivity contribution in [3.05, 3.63) is 28.5 Å². The van der Waals surface area contributed by atoms with Crippen LogP contribution >= 0.6 is 15.9 Å². The zero-order valence-electron chi connectivity index (χ0n) is 12.5. The third-order valence-corrected chi connectivity index (χ3v) is 3.92. The lowest BCUT2D eigenvalue weighted by Crippen LogP contribution is -2.04. The fourth-order valence-electron chi connectivity index (χ4n) is 2.15. The quantitative estimate of drug-likeness (QED) is 0.890. The average molecular weight is 352 g/mol. The molecular formula is C15H18BrN3O2. The van der Waals surface area contributed by atoms with Crippen LogP contribution in [-0.2, 0) is 0 Å². The Kier molecular flexibility index (Phi) is 5.01. The minimum Gasteiger partial charge on any atom is -0.495 e. The van der Waals surface area contributed by atoms with E-state index >= 15 is 0 Å². The van der Waals surface area contributed by atoms with Crippen LogP contribution < -0.4 is 14.8 Å². The first-order valence-electron chi connectivity index (χ1n) is 6.60. The Labute approximate surface area is 132 Å². The Bertz CT molecular complexity index is 647. The second-order valence-corrected chi connectivity index (χ2v) is 5.18. The van der Waals surface area contributed by atoms with E-state index in [2.05, 4.69) is 31.2 Å². The van der Waals surface area contributed by atoms with Gasteiger partial charge in [-0.2, -0.15) is 0 Å². The van der Waals surface area contributed by atoms with Gasteiger partial charge in [0.05, 0.1) is 19.9 Å². The molecule has 0 spiro atoms. The highest BCUT2D eigenvalue weighted by atomic mass is 79.9. The first kappa shape index (κ1) is 15.6. The van der Waals surface area contributed by atoms with Crippen LogP contribution in [0.25, 0.3) is 11.3 Å². The largest absolute Gasteiger partial charge is 0.495 e. The molecule has 0 saturated carbocycles. The van der Waals surface area contributed by atoms with Gasteiger partial charge in [-0.1, -0.05) is 0 Å². The normalized spacial score (nSPS) is 10.3. The molecule has 0 bridgehead atoms. The van der Waals surface area contributed by atoms with Crippen LogP contribution in [0.5, 0.6) is 11.5 Å². The Morgan fingerprint density at radius 3 is 2.57 bits per heavy atom. The molecule has 5 nitrogen and oxygen atoms in total. The summed E-state index contributed by atoms with van der Waals surface area (Å²) >= 11 is 3.51. The number of rotatable bonds is 5. The summed E-state index contributed by atoms with van der Waals surface area (Å²) in [5.41, 5.74) is 2.71. The summed E-state index contributed by atoms with van der Waals surface area (Å²) in [4.78, 5) is 8.67. The number of nitrogens with one attached hydrogen (secondary N) is 1. The summed E-state index contributed by atoms with van der Waals surface area (Å²) in [7, 11) is 3.25. The van der Waals surface area contributed by atoms with E-state index in [0.717, 1.165) is 33.7 Å². The van der Waals surface area contributed by atoms with Gasteiger partial charge in [0.25, 0.3) is 0 Å². The highest BCUT2D eigenvalue weighted by Crippen LogP contribution is 2.42. The smallest absolute Gasteiger partial charge is 0.146 e. The molecule has 2 rings (SSSR count). The van der Waals surface area contributed by atoms with Crippen LogP contribution in [0.2, 0.25) is 0 Å². The highest BCUT2D eigenvalue weighted by molar-refractivity contribution is 9.10. The molecule has 1 heterocycles. The van der Waals surface area contributed by atoms with Crippen LogP contribution in [-0.4, -0.2) is 30.7 Å². The van der Waals surface area contributed by atoms with Crippen molar-refractivity contribution in [1.82, 2.24) is 9.97 Å². The zero-order valence-corrected chi connectivity index (χ0v) is 14.1. The van der Waals surface area contributed by atoms with E-state index in [-0.39, 0.29) is 0 Å². The van der Waals surface area contributed by atoms with Crippen molar-refractivity contribution in [2.45, 2.75) is 13.8 Å². The molecule has 112 valence electrons. The van der Waals surface area contributed by atoms with Gasteiger partial charge in [0, 0.05) is 17.7 Å². The van der Waals surface area contributed by atoms with E-state index in [0.29, 0.717) is 11.5 Å². The standard InChI is InChI=1S/C15H18BrN3O2/c1-5-17-15-9(2)13(18-8-19-15)10-6-7-11(20-3)12(16)14(10)21-4/h6-8H,5H2,1-4H3,(H,17,18,19). The molecule has 1 N–H and O–H groups in total. The maximum absolute atomic E-state index is 5.52. The van der Waals surface area contributed by atoms with Gasteiger partial charge in [0.15, 0.2) is 0 Å². The van der Waals surface area contributed by atoms with Crippen molar-refractivity contribution in [3.63, 3.8) is 0 Å². The van der Waals surface area contributed by atoms with E-state index in [9.17, 15) is 0 Å². The van der Waals surface area contributed by atoms with Crippen molar-refractivity contribution in [3.8, 4) is 22.8 Å². The summed E-state index contributed by atoms with van der Waals surface area (Å²) in [5.74, 6) is 2.24. The van der Waals surface area contributed by atoms with Gasteiger partial charge in [0.2, 0.25) is 0 Å². The van der Waals surface area contributed by atoms with E-state index in [1.54, 1.807) is 20.5 Å². The second kappa shape index (κ2) is 6.76. The van der Waals surface area contributed by atoms with E-state index < -0.39 is 0 Å². The molecule has 0 saturated heterocycles. The molecule has 0 atom stereocenters. The molecule has 21 heavy (non-hydrogen) atoms. The molecule has 0 aliphatic carbocycles. The lowest BCUT2D eigenvalue weighted by atomic mass is 10.1. The number of ether oxygens (including phenoxy) is 2. The molecule has 0 aliphatic heterocycles. The Morgan fingerprint density at radius 2 is 1.95 bits per heavy atom. The maximum Gasteiger partial charge on any atom is 0.146 e. The third-order valence-electron chi connectivity index (χ3n) is 3.17. The fraction of sp³-hybridized carbons (Fsp3) is 0.333. The first-order chi connectivity index (χ1) is 10.1. The second-order valence-electron chi connectivity index (χ2n) is 4.39. The number of hydrogen-bond donors (Lipinski definition) is 1. The van der Waals surface area contributed by atoms with Crippen LogP contribution in [0.1, 0.15) is 12.5 Å². The van der Waals surface area contributed by atoms with Crippen molar-refractivity contribution < 1.29 is 9.47 Å². The number of hydrogen-bond acceptors (Lipinski definition) is 5. The zero-order chi connectivity index (χ0) is 15.4. The molecule has 0 fully saturated rings. The van der Waals surface area contributed by atoms with Gasteiger partial charge in [-0.3, -0.25) is 0 Å². The topological polar surface area (TPSA) is 56.3 Å². The van der Waals surface area contributed by atoms with Gasteiger partial charge in [-0.25, -0.2) is 9.97 Å². The Morgan fingerprint density at radius 1 is 1.19 bits per heavy atom. The fourth-order valence-corrected chi connectivity index (χ4v) is 2.82. The van der Waals surface area contributed by atoms with Gasteiger partial charge >= 0.3 is 0 Å². The highest BCUT2D eigenvalue weighted by Gasteiger charge is 2.18. The molecule has 0 radical (unpaired) electrons. The number of anilines is 1. The van der Waals surface area contributed by atoms with E-state index in [1.807, 2.05) is 26.0 Å². The van der Waals surface area contributed by atoms with Gasteiger partial charge in [0.1, 0.15) is 28.1 Å². The van der Waals surface area contributed by atoms with Crippen molar-refractivity contribution in [2.75, 3.05) is 26.1 Å². The summed E-state index contributed by atoms with van der Waals surface area (Å²) < 4.78 is 11.6. The molecule has 2 aromatic rings. The molecule has 0 aliphatic rings. The minimum atomic E-state index is 0.693. The SMILES string of the molecule is CCNc1ncnc(-c2ccc(OC)c(Br)c2OC)c1C. The lowest BCUT2D eigenvalue weighted by Gasteiger charge is -2.15. The number of aromatic nitrogens is 2. The van der Waals surface area contributed by atoms with Crippen LogP contribution in [0.3, 0.4) is 0 Å². The van der Waals surface area contributed by atoms with Crippen molar-refractivity contribution in [2.24, 2.45) is 0 Å². The monoisotopic (exact) mass is 351 g/mol. The van der Waals surface area contributed by atoms with Crippen LogP contribution in [0.4, 0.5) is 5.82 Å². The molecule has 0 amide bonds. The van der Waals surface area contributed by atoms with Crippen LogP contribution in [0.15, 0.2) is 22.9 Å². The maximum atomic E-state index is 5.52. The summed E-state index contributed by atoms with van der Waals surface area (Å²) in [5, 5.41) is 3.23. The van der Waals surface area contributed by atoms with E-state index in [4.69, 9.17) is 9.47 Å². The third kappa shape index (κ3) is 2.95. The predicted octanol–water partition coefficient (Wildman–Crippen LogP) is 3.66. The lowest BCUT2D eigenvalue weighted by molar-refractivity contribution is 0.390. The summed E-state index contributed by atoms with van der Waals surface area (Å²) in [6.45, 7) is 4.83. The first-order valence-corrected chi connectivity index (χ1v) is 7.39. The summed E-state index contributed by atoms with van der Waals surface area (Å²) in [6, 6.07) is 3.82. The van der Waals surface area contributed by atoms with Crippen molar-refractivity contribution in [1.29, 1.82) is 0 Å². The van der Waals surface area contributed by atoms with Crippen LogP contribution in [0, 0.1) is 6.92 Å². The van der Waals surface area contributed by atoms with E-state index in [1.165, 1.54) is 0 Å². The molecular weight excluding hydrogens is 334 g/mol. The Balaban J connectivity index is 2.62. The minimum absolute atomic E-state index is 0.693. The number of halogens is 1. The van der Waals surface area contributed by atoms with Crippen molar-refractivity contribution >= 4 is 21.7 Å². The van der Waals surface area contributed by atoms with Gasteiger partial charge in [-0.15, -0.1) is 0 Å². The number of methoxy groups -OCH3 is 2. The number of nitrogens with zero attached hydrogens (tertiary/aromatic N) is 2. The van der Waals surface area contributed by atoms with Gasteiger partial charge < -0.3 is 14.8 Å². The molecule has 0 unspecified atom stereocenters.